The van der Waals surface area contributed by atoms with Gasteiger partial charge in [-0.25, -0.2) is 9.66 Å². The van der Waals surface area contributed by atoms with E-state index in [2.05, 4.69) is 9.97 Å². The third kappa shape index (κ3) is 2.86. The van der Waals surface area contributed by atoms with Crippen molar-refractivity contribution < 1.29 is 0 Å². The lowest BCUT2D eigenvalue weighted by Crippen LogP contribution is -2.07. The molecule has 0 spiro atoms. The minimum absolute atomic E-state index is 0.666. The van der Waals surface area contributed by atoms with Crippen LogP contribution in [0.15, 0.2) is 78.3 Å². The second-order valence-electron chi connectivity index (χ2n) is 6.66. The molecule has 1 aliphatic heterocycles. The van der Waals surface area contributed by atoms with E-state index < -0.39 is 0 Å². The molecule has 6 heteroatoms. The smallest absolute Gasteiger partial charge is 0.135 e. The molecule has 0 aliphatic carbocycles. The topological polar surface area (TPSA) is 69.1 Å². The van der Waals surface area contributed by atoms with Gasteiger partial charge in [-0.2, -0.15) is 5.10 Å². The summed E-state index contributed by atoms with van der Waals surface area (Å²) >= 11 is 6.32. The number of halogens is 1. The highest BCUT2D eigenvalue weighted by atomic mass is 35.5. The van der Waals surface area contributed by atoms with Gasteiger partial charge in [0.05, 0.1) is 17.6 Å². The van der Waals surface area contributed by atoms with E-state index in [1.165, 1.54) is 0 Å². The zero-order chi connectivity index (χ0) is 19.1. The molecule has 136 valence electrons. The van der Waals surface area contributed by atoms with Crippen LogP contribution in [-0.4, -0.2) is 20.4 Å². The van der Waals surface area contributed by atoms with Gasteiger partial charge in [0, 0.05) is 46.2 Å². The van der Waals surface area contributed by atoms with Crippen molar-refractivity contribution in [2.75, 3.05) is 5.73 Å². The van der Waals surface area contributed by atoms with Gasteiger partial charge < -0.3 is 5.73 Å². The number of imidazole rings is 1. The minimum atomic E-state index is 0.666. The molecular formula is C22H16ClN5. The normalized spacial score (nSPS) is 12.7. The molecule has 0 unspecified atom stereocenters. The Morgan fingerprint density at radius 3 is 2.50 bits per heavy atom. The Labute approximate surface area is 167 Å². The van der Waals surface area contributed by atoms with Crippen LogP contribution in [0.2, 0.25) is 5.02 Å². The molecule has 28 heavy (non-hydrogen) atoms. The number of nitrogens with zero attached hydrogens (tertiary/aromatic N) is 4. The Hall–Kier alpha value is -3.44. The third-order valence-electron chi connectivity index (χ3n) is 4.84. The van der Waals surface area contributed by atoms with Gasteiger partial charge in [0.2, 0.25) is 0 Å². The maximum atomic E-state index is 6.32. The second kappa shape index (κ2) is 6.62. The summed E-state index contributed by atoms with van der Waals surface area (Å²) in [7, 11) is 0. The van der Waals surface area contributed by atoms with Crippen LogP contribution in [0.3, 0.4) is 0 Å². The van der Waals surface area contributed by atoms with Gasteiger partial charge >= 0.3 is 0 Å². The van der Waals surface area contributed by atoms with Crippen LogP contribution in [0.1, 0.15) is 22.5 Å². The van der Waals surface area contributed by atoms with Crippen LogP contribution >= 0.6 is 11.6 Å². The van der Waals surface area contributed by atoms with Crippen LogP contribution in [0.25, 0.3) is 11.3 Å². The van der Waals surface area contributed by atoms with Crippen LogP contribution in [0.5, 0.6) is 0 Å². The van der Waals surface area contributed by atoms with Crippen molar-refractivity contribution in [3.63, 3.8) is 0 Å². The average Bonchev–Trinajstić information content (AvgIpc) is 3.04. The van der Waals surface area contributed by atoms with Crippen LogP contribution in [-0.2, 0) is 6.42 Å². The summed E-state index contributed by atoms with van der Waals surface area (Å²) in [6.45, 7) is 0. The maximum Gasteiger partial charge on any atom is 0.135 e. The van der Waals surface area contributed by atoms with Crippen molar-refractivity contribution in [3.05, 3.63) is 101 Å². The summed E-state index contributed by atoms with van der Waals surface area (Å²) in [4.78, 5) is 8.75. The predicted molar refractivity (Wildman–Crippen MR) is 112 cm³/mol. The van der Waals surface area contributed by atoms with Gasteiger partial charge in [-0.15, -0.1) is 0 Å². The number of nitrogens with two attached hydrogens (primary N) is 1. The minimum Gasteiger partial charge on any atom is -0.399 e. The molecule has 0 amide bonds. The zero-order valence-corrected chi connectivity index (χ0v) is 15.6. The van der Waals surface area contributed by atoms with Gasteiger partial charge in [0.25, 0.3) is 0 Å². The number of pyridine rings is 1. The summed E-state index contributed by atoms with van der Waals surface area (Å²) in [5, 5.41) is 5.69. The monoisotopic (exact) mass is 385 g/mol. The molecule has 0 radical (unpaired) electrons. The number of nitrogen functional groups attached to an aromatic ring is 1. The van der Waals surface area contributed by atoms with E-state index in [1.807, 2.05) is 65.5 Å². The SMILES string of the molecule is Nc1ccc(C2=Nn3c(-c4ccncc4)cnc3Cc3ccc(Cl)cc32)cc1. The Bertz CT molecular complexity index is 1190. The Balaban J connectivity index is 1.77. The highest BCUT2D eigenvalue weighted by molar-refractivity contribution is 6.31. The Morgan fingerprint density at radius 2 is 1.71 bits per heavy atom. The fourth-order valence-electron chi connectivity index (χ4n) is 3.44. The number of aromatic nitrogens is 3. The number of rotatable bonds is 2. The molecule has 0 bridgehead atoms. The van der Waals surface area contributed by atoms with Crippen molar-refractivity contribution in [3.8, 4) is 11.3 Å². The van der Waals surface area contributed by atoms with Gasteiger partial charge in [-0.3, -0.25) is 4.98 Å². The lowest BCUT2D eigenvalue weighted by molar-refractivity contribution is 0.812. The van der Waals surface area contributed by atoms with Crippen molar-refractivity contribution in [2.24, 2.45) is 5.10 Å². The quantitative estimate of drug-likeness (QED) is 0.458. The first kappa shape index (κ1) is 16.7. The lowest BCUT2D eigenvalue weighted by Gasteiger charge is -2.11. The molecule has 2 aromatic heterocycles. The van der Waals surface area contributed by atoms with Gasteiger partial charge in [0.15, 0.2) is 0 Å². The number of anilines is 1. The van der Waals surface area contributed by atoms with Crippen LogP contribution < -0.4 is 5.73 Å². The van der Waals surface area contributed by atoms with E-state index >= 15 is 0 Å². The summed E-state index contributed by atoms with van der Waals surface area (Å²) in [6, 6.07) is 17.5. The first-order chi connectivity index (χ1) is 13.7. The van der Waals surface area contributed by atoms with Crippen LogP contribution in [0.4, 0.5) is 5.69 Å². The Morgan fingerprint density at radius 1 is 0.929 bits per heavy atom. The summed E-state index contributed by atoms with van der Waals surface area (Å²) in [5.74, 6) is 0.876. The molecule has 0 fully saturated rings. The molecule has 5 rings (SSSR count). The number of benzene rings is 2. The molecule has 1 aliphatic rings. The first-order valence-corrected chi connectivity index (χ1v) is 9.27. The zero-order valence-electron chi connectivity index (χ0n) is 14.9. The van der Waals surface area contributed by atoms with Crippen LogP contribution in [0, 0.1) is 0 Å². The standard InChI is InChI=1S/C22H16ClN5/c23-17-4-1-16-11-21-26-13-20(14-7-9-25-10-8-14)28(21)27-22(19(16)12-17)15-2-5-18(24)6-3-15/h1-10,12-13H,11,24H2. The average molecular weight is 386 g/mol. The van der Waals surface area contributed by atoms with E-state index in [0.717, 1.165) is 39.5 Å². The molecule has 2 aromatic carbocycles. The molecule has 3 heterocycles. The number of hydrogen-bond donors (Lipinski definition) is 1. The van der Waals surface area contributed by atoms with Gasteiger partial charge in [-0.1, -0.05) is 29.8 Å². The molecule has 2 N–H and O–H groups in total. The molecule has 0 saturated heterocycles. The number of fused-ring (bicyclic) bond motifs is 2. The van der Waals surface area contributed by atoms with Gasteiger partial charge in [0.1, 0.15) is 5.82 Å². The summed E-state index contributed by atoms with van der Waals surface area (Å²) in [5.41, 5.74) is 12.5. The van der Waals surface area contributed by atoms with Crippen molar-refractivity contribution >= 4 is 23.0 Å². The molecular weight excluding hydrogens is 370 g/mol. The maximum absolute atomic E-state index is 6.32. The van der Waals surface area contributed by atoms with Crippen molar-refractivity contribution in [2.45, 2.75) is 6.42 Å². The molecule has 4 aromatic rings. The van der Waals surface area contributed by atoms with E-state index in [1.54, 1.807) is 12.4 Å². The fraction of sp³-hybridized carbons (Fsp3) is 0.0455. The first-order valence-electron chi connectivity index (χ1n) is 8.90. The predicted octanol–water partition coefficient (Wildman–Crippen LogP) is 4.39. The van der Waals surface area contributed by atoms with Crippen molar-refractivity contribution in [1.29, 1.82) is 0 Å². The van der Waals surface area contributed by atoms with E-state index in [-0.39, 0.29) is 0 Å². The molecule has 0 saturated carbocycles. The highest BCUT2D eigenvalue weighted by Gasteiger charge is 2.22. The molecule has 0 atom stereocenters. The fourth-order valence-corrected chi connectivity index (χ4v) is 3.61. The number of hydrogen-bond acceptors (Lipinski definition) is 4. The lowest BCUT2D eigenvalue weighted by atomic mass is 9.96. The van der Waals surface area contributed by atoms with Crippen molar-refractivity contribution in [1.82, 2.24) is 14.6 Å². The highest BCUT2D eigenvalue weighted by Crippen LogP contribution is 2.29. The summed E-state index contributed by atoms with van der Waals surface area (Å²) in [6.07, 6.45) is 6.06. The second-order valence-corrected chi connectivity index (χ2v) is 7.09. The molecule has 5 nitrogen and oxygen atoms in total. The van der Waals surface area contributed by atoms with E-state index in [4.69, 9.17) is 22.4 Å². The largest absolute Gasteiger partial charge is 0.399 e. The summed E-state index contributed by atoms with van der Waals surface area (Å²) < 4.78 is 1.91. The van der Waals surface area contributed by atoms with E-state index in [9.17, 15) is 0 Å². The Kier molecular flexibility index (Phi) is 3.95. The third-order valence-corrected chi connectivity index (χ3v) is 5.08. The van der Waals surface area contributed by atoms with Gasteiger partial charge in [-0.05, 0) is 42.0 Å². The van der Waals surface area contributed by atoms with E-state index in [0.29, 0.717) is 17.1 Å².